The van der Waals surface area contributed by atoms with Gasteiger partial charge in [0, 0.05) is 51.9 Å². The van der Waals surface area contributed by atoms with E-state index in [9.17, 15) is 8.42 Å². The lowest BCUT2D eigenvalue weighted by Crippen LogP contribution is -2.12. The molecule has 0 spiro atoms. The van der Waals surface area contributed by atoms with E-state index in [0.717, 1.165) is 10.9 Å². The van der Waals surface area contributed by atoms with E-state index in [-0.39, 0.29) is 4.90 Å². The molecule has 2 aromatic carbocycles. The highest BCUT2D eigenvalue weighted by atomic mass is 35.5. The number of pyridine rings is 1. The Morgan fingerprint density at radius 3 is 2.47 bits per heavy atom. The lowest BCUT2D eigenvalue weighted by atomic mass is 10.1. The maximum atomic E-state index is 13.3. The van der Waals surface area contributed by atoms with Gasteiger partial charge in [-0.15, -0.1) is 0 Å². The summed E-state index contributed by atoms with van der Waals surface area (Å²) in [4.78, 5) is 4.07. The Hall–Kier alpha value is -2.58. The molecule has 2 aromatic heterocycles. The van der Waals surface area contributed by atoms with E-state index in [4.69, 9.17) is 23.2 Å². The third kappa shape index (κ3) is 4.02. The standard InChI is InChI=1S/C21H18Cl2N4O2S/c1-24-11-14-13-27(30(28,29)19-3-2-6-25-12-19)21-10-17(4-5-20(14)21)26-18-8-15(22)7-16(23)9-18/h2-10,12-13,24,26H,11H2,1H3. The number of nitrogens with zero attached hydrogens (tertiary/aromatic N) is 2. The molecule has 0 bridgehead atoms. The summed E-state index contributed by atoms with van der Waals surface area (Å²) < 4.78 is 27.8. The van der Waals surface area contributed by atoms with Crippen molar-refractivity contribution in [3.63, 3.8) is 0 Å². The molecule has 0 saturated carbocycles. The van der Waals surface area contributed by atoms with Gasteiger partial charge in [-0.1, -0.05) is 29.3 Å². The summed E-state index contributed by atoms with van der Waals surface area (Å²) in [5.41, 5.74) is 2.84. The second-order valence-electron chi connectivity index (χ2n) is 6.69. The Labute approximate surface area is 184 Å². The fourth-order valence-electron chi connectivity index (χ4n) is 3.28. The first-order valence-electron chi connectivity index (χ1n) is 9.06. The first-order valence-corrected chi connectivity index (χ1v) is 11.3. The van der Waals surface area contributed by atoms with E-state index < -0.39 is 10.0 Å². The van der Waals surface area contributed by atoms with Crippen molar-refractivity contribution >= 4 is 55.5 Å². The van der Waals surface area contributed by atoms with E-state index in [0.29, 0.717) is 33.5 Å². The zero-order valence-electron chi connectivity index (χ0n) is 15.9. The van der Waals surface area contributed by atoms with Crippen molar-refractivity contribution in [1.82, 2.24) is 14.3 Å². The Morgan fingerprint density at radius 1 is 1.03 bits per heavy atom. The quantitative estimate of drug-likeness (QED) is 0.421. The number of hydrogen-bond acceptors (Lipinski definition) is 5. The summed E-state index contributed by atoms with van der Waals surface area (Å²) in [5.74, 6) is 0. The number of halogens is 2. The number of fused-ring (bicyclic) bond motifs is 1. The summed E-state index contributed by atoms with van der Waals surface area (Å²) in [6.45, 7) is 0.530. The molecule has 154 valence electrons. The number of nitrogens with one attached hydrogen (secondary N) is 2. The molecule has 0 atom stereocenters. The molecule has 0 fully saturated rings. The number of rotatable bonds is 6. The average Bonchev–Trinajstić information content (AvgIpc) is 3.07. The van der Waals surface area contributed by atoms with Crippen LogP contribution in [0.4, 0.5) is 11.4 Å². The molecular formula is C21H18Cl2N4O2S. The van der Waals surface area contributed by atoms with E-state index in [1.165, 1.54) is 22.4 Å². The topological polar surface area (TPSA) is 76.0 Å². The molecule has 0 radical (unpaired) electrons. The van der Waals surface area contributed by atoms with Gasteiger partial charge < -0.3 is 10.6 Å². The predicted molar refractivity (Wildman–Crippen MR) is 121 cm³/mol. The first-order chi connectivity index (χ1) is 14.4. The molecule has 4 aromatic rings. The minimum Gasteiger partial charge on any atom is -0.355 e. The fourth-order valence-corrected chi connectivity index (χ4v) is 5.15. The van der Waals surface area contributed by atoms with Crippen molar-refractivity contribution in [3.8, 4) is 0 Å². The Kier molecular flexibility index (Phi) is 5.71. The van der Waals surface area contributed by atoms with Gasteiger partial charge in [0.25, 0.3) is 10.0 Å². The molecule has 0 aliphatic carbocycles. The molecule has 0 unspecified atom stereocenters. The molecule has 0 aliphatic heterocycles. The summed E-state index contributed by atoms with van der Waals surface area (Å²) >= 11 is 12.2. The van der Waals surface area contributed by atoms with Crippen LogP contribution in [-0.2, 0) is 16.6 Å². The van der Waals surface area contributed by atoms with Crippen LogP contribution in [0.5, 0.6) is 0 Å². The number of anilines is 2. The first kappa shape index (κ1) is 20.7. The van der Waals surface area contributed by atoms with E-state index >= 15 is 0 Å². The van der Waals surface area contributed by atoms with Crippen LogP contribution < -0.4 is 10.6 Å². The summed E-state index contributed by atoms with van der Waals surface area (Å²) in [6, 6.07) is 13.8. The van der Waals surface area contributed by atoms with Crippen LogP contribution in [-0.4, -0.2) is 24.4 Å². The lowest BCUT2D eigenvalue weighted by molar-refractivity contribution is 0.588. The summed E-state index contributed by atoms with van der Waals surface area (Å²) in [6.07, 6.45) is 4.52. The van der Waals surface area contributed by atoms with Crippen LogP contribution in [0.3, 0.4) is 0 Å². The van der Waals surface area contributed by atoms with Crippen molar-refractivity contribution < 1.29 is 8.42 Å². The highest BCUT2D eigenvalue weighted by molar-refractivity contribution is 7.90. The fraction of sp³-hybridized carbons (Fsp3) is 0.0952. The molecule has 6 nitrogen and oxygen atoms in total. The van der Waals surface area contributed by atoms with Gasteiger partial charge in [-0.2, -0.15) is 0 Å². The van der Waals surface area contributed by atoms with Gasteiger partial charge in [0.1, 0.15) is 4.90 Å². The molecule has 0 aliphatic rings. The van der Waals surface area contributed by atoms with Gasteiger partial charge in [0.05, 0.1) is 5.52 Å². The highest BCUT2D eigenvalue weighted by Crippen LogP contribution is 2.31. The van der Waals surface area contributed by atoms with Crippen molar-refractivity contribution in [1.29, 1.82) is 0 Å². The van der Waals surface area contributed by atoms with E-state index in [2.05, 4.69) is 15.6 Å². The van der Waals surface area contributed by atoms with Gasteiger partial charge in [0.2, 0.25) is 0 Å². The molecule has 30 heavy (non-hydrogen) atoms. The number of benzene rings is 2. The normalized spacial score (nSPS) is 11.7. The zero-order valence-corrected chi connectivity index (χ0v) is 18.3. The predicted octanol–water partition coefficient (Wildman–Crippen LogP) is 5.04. The second kappa shape index (κ2) is 8.28. The molecular weight excluding hydrogens is 443 g/mol. The molecule has 2 heterocycles. The lowest BCUT2D eigenvalue weighted by Gasteiger charge is -2.10. The molecule has 9 heteroatoms. The van der Waals surface area contributed by atoms with Crippen LogP contribution >= 0.6 is 23.2 Å². The van der Waals surface area contributed by atoms with Gasteiger partial charge in [0.15, 0.2) is 0 Å². The number of aromatic nitrogens is 2. The SMILES string of the molecule is CNCc1cn(S(=O)(=O)c2cccnc2)c2cc(Nc3cc(Cl)cc(Cl)c3)ccc12. The van der Waals surface area contributed by atoms with Gasteiger partial charge >= 0.3 is 0 Å². The molecule has 0 amide bonds. The minimum absolute atomic E-state index is 0.123. The molecule has 4 rings (SSSR count). The third-order valence-electron chi connectivity index (χ3n) is 4.56. The van der Waals surface area contributed by atoms with Crippen LogP contribution in [0.25, 0.3) is 10.9 Å². The van der Waals surface area contributed by atoms with Crippen molar-refractivity contribution in [2.75, 3.05) is 12.4 Å². The maximum absolute atomic E-state index is 13.3. The van der Waals surface area contributed by atoms with Gasteiger partial charge in [-0.25, -0.2) is 12.4 Å². The summed E-state index contributed by atoms with van der Waals surface area (Å²) in [7, 11) is -1.99. The van der Waals surface area contributed by atoms with Gasteiger partial charge in [-0.3, -0.25) is 4.98 Å². The van der Waals surface area contributed by atoms with Gasteiger partial charge in [-0.05, 0) is 55.1 Å². The summed E-state index contributed by atoms with van der Waals surface area (Å²) in [5, 5.41) is 8.16. The Bertz CT molecular complexity index is 1300. The Morgan fingerprint density at radius 2 is 1.80 bits per heavy atom. The minimum atomic E-state index is -3.81. The van der Waals surface area contributed by atoms with Crippen LogP contribution in [0, 0.1) is 0 Å². The monoisotopic (exact) mass is 460 g/mol. The van der Waals surface area contributed by atoms with E-state index in [1.54, 1.807) is 36.5 Å². The third-order valence-corrected chi connectivity index (χ3v) is 6.66. The smallest absolute Gasteiger partial charge is 0.269 e. The zero-order chi connectivity index (χ0) is 21.3. The average molecular weight is 461 g/mol. The van der Waals surface area contributed by atoms with Crippen molar-refractivity contribution in [3.05, 3.63) is 82.7 Å². The van der Waals surface area contributed by atoms with Crippen LogP contribution in [0.15, 0.2) is 72.0 Å². The van der Waals surface area contributed by atoms with Crippen molar-refractivity contribution in [2.24, 2.45) is 0 Å². The maximum Gasteiger partial charge on any atom is 0.269 e. The van der Waals surface area contributed by atoms with Crippen LogP contribution in [0.2, 0.25) is 10.0 Å². The Balaban J connectivity index is 1.85. The van der Waals surface area contributed by atoms with Crippen LogP contribution in [0.1, 0.15) is 5.56 Å². The number of hydrogen-bond donors (Lipinski definition) is 2. The second-order valence-corrected chi connectivity index (χ2v) is 9.38. The molecule has 2 N–H and O–H groups in total. The highest BCUT2D eigenvalue weighted by Gasteiger charge is 2.21. The van der Waals surface area contributed by atoms with Crippen molar-refractivity contribution in [2.45, 2.75) is 11.4 Å². The van der Waals surface area contributed by atoms with E-state index in [1.807, 2.05) is 19.2 Å². The molecule has 0 saturated heterocycles. The largest absolute Gasteiger partial charge is 0.355 e.